The van der Waals surface area contributed by atoms with Crippen molar-refractivity contribution in [3.63, 3.8) is 0 Å². The molecule has 0 aliphatic carbocycles. The number of nitrogen functional groups attached to an aromatic ring is 1. The van der Waals surface area contributed by atoms with E-state index >= 15 is 0 Å². The second-order valence-electron chi connectivity index (χ2n) is 2.97. The maximum atomic E-state index is 5.76. The van der Waals surface area contributed by atoms with Crippen molar-refractivity contribution in [1.29, 1.82) is 0 Å². The summed E-state index contributed by atoms with van der Waals surface area (Å²) in [4.78, 5) is 7.82. The Morgan fingerprint density at radius 2 is 2.00 bits per heavy atom. The molecule has 0 fully saturated rings. The third-order valence-electron chi connectivity index (χ3n) is 1.75. The molecule has 0 bridgehead atoms. The molecule has 0 unspecified atom stereocenters. The Kier molecular flexibility index (Phi) is 3.12. The largest absolute Gasteiger partial charge is 0.435 e. The van der Waals surface area contributed by atoms with Gasteiger partial charge in [0.05, 0.1) is 16.9 Å². The molecule has 2 rings (SSSR count). The molecule has 0 aliphatic heterocycles. The second kappa shape index (κ2) is 4.55. The minimum Gasteiger partial charge on any atom is -0.435 e. The van der Waals surface area contributed by atoms with Crippen LogP contribution in [0.4, 0.5) is 5.69 Å². The average molecular weight is 256 g/mol. The van der Waals surface area contributed by atoms with Gasteiger partial charge in [0.15, 0.2) is 0 Å². The number of nitrogens with two attached hydrogens (primary N) is 1. The molecule has 16 heavy (non-hydrogen) atoms. The molecule has 2 aromatic rings. The predicted molar refractivity (Wildman–Crippen MR) is 63.0 cm³/mol. The molecule has 6 heteroatoms. The van der Waals surface area contributed by atoms with Crippen molar-refractivity contribution in [2.75, 3.05) is 5.73 Å². The lowest BCUT2D eigenvalue weighted by Gasteiger charge is -2.06. The van der Waals surface area contributed by atoms with Gasteiger partial charge in [-0.3, -0.25) is 4.98 Å². The van der Waals surface area contributed by atoms with Crippen LogP contribution >= 0.6 is 23.2 Å². The fourth-order valence-electron chi connectivity index (χ4n) is 1.07. The molecule has 0 saturated heterocycles. The van der Waals surface area contributed by atoms with Gasteiger partial charge in [0.1, 0.15) is 10.9 Å². The number of ether oxygens (including phenoxy) is 1. The summed E-state index contributed by atoms with van der Waals surface area (Å²) in [5, 5.41) is 0.775. The lowest BCUT2D eigenvalue weighted by Crippen LogP contribution is -1.95. The molecule has 0 spiro atoms. The molecule has 0 saturated carbocycles. The van der Waals surface area contributed by atoms with Crippen molar-refractivity contribution in [2.24, 2.45) is 0 Å². The molecule has 0 atom stereocenters. The number of hydrogen-bond donors (Lipinski definition) is 1. The van der Waals surface area contributed by atoms with E-state index in [2.05, 4.69) is 9.97 Å². The first-order valence-corrected chi connectivity index (χ1v) is 5.11. The Morgan fingerprint density at radius 3 is 2.75 bits per heavy atom. The molecule has 2 N–H and O–H groups in total. The van der Waals surface area contributed by atoms with Crippen molar-refractivity contribution in [2.45, 2.75) is 0 Å². The van der Waals surface area contributed by atoms with E-state index in [0.29, 0.717) is 21.6 Å². The van der Waals surface area contributed by atoms with Crippen LogP contribution in [-0.4, -0.2) is 9.97 Å². The van der Waals surface area contributed by atoms with Gasteiger partial charge >= 0.3 is 0 Å². The summed E-state index contributed by atoms with van der Waals surface area (Å²) >= 11 is 11.5. The summed E-state index contributed by atoms with van der Waals surface area (Å²) in [6, 6.07) is 4.80. The standard InChI is InChI=1S/C10H7Cl2N3O/c11-6-3-7(5-14-4-6)16-10-8(13)1-2-9(12)15-10/h1-5H,13H2. The van der Waals surface area contributed by atoms with Crippen LogP contribution in [-0.2, 0) is 0 Å². The van der Waals surface area contributed by atoms with Crippen LogP contribution in [0.5, 0.6) is 11.6 Å². The number of hydrogen-bond acceptors (Lipinski definition) is 4. The van der Waals surface area contributed by atoms with Crippen LogP contribution in [0.3, 0.4) is 0 Å². The summed E-state index contributed by atoms with van der Waals surface area (Å²) in [6.45, 7) is 0. The number of anilines is 1. The van der Waals surface area contributed by atoms with Gasteiger partial charge in [-0.15, -0.1) is 0 Å². The Bertz CT molecular complexity index is 519. The first kappa shape index (κ1) is 11.0. The SMILES string of the molecule is Nc1ccc(Cl)nc1Oc1cncc(Cl)c1. The molecule has 0 aliphatic rings. The lowest BCUT2D eigenvalue weighted by atomic mass is 10.4. The van der Waals surface area contributed by atoms with E-state index in [0.717, 1.165) is 0 Å². The molecule has 0 radical (unpaired) electrons. The van der Waals surface area contributed by atoms with E-state index in [4.69, 9.17) is 33.7 Å². The first-order valence-electron chi connectivity index (χ1n) is 4.35. The normalized spacial score (nSPS) is 10.1. The Balaban J connectivity index is 2.30. The van der Waals surface area contributed by atoms with Gasteiger partial charge in [-0.2, -0.15) is 4.98 Å². The molecule has 0 amide bonds. The number of halogens is 2. The second-order valence-corrected chi connectivity index (χ2v) is 3.79. The van der Waals surface area contributed by atoms with E-state index < -0.39 is 0 Å². The zero-order chi connectivity index (χ0) is 11.5. The van der Waals surface area contributed by atoms with Gasteiger partial charge in [-0.25, -0.2) is 0 Å². The lowest BCUT2D eigenvalue weighted by molar-refractivity contribution is 0.463. The molecule has 2 aromatic heterocycles. The molecular formula is C10H7Cl2N3O. The number of rotatable bonds is 2. The number of aromatic nitrogens is 2. The highest BCUT2D eigenvalue weighted by Gasteiger charge is 2.05. The van der Waals surface area contributed by atoms with Gasteiger partial charge < -0.3 is 10.5 Å². The smallest absolute Gasteiger partial charge is 0.244 e. The fourth-order valence-corrected chi connectivity index (χ4v) is 1.37. The minimum absolute atomic E-state index is 0.233. The Morgan fingerprint density at radius 1 is 1.19 bits per heavy atom. The first-order chi connectivity index (χ1) is 7.65. The third kappa shape index (κ3) is 2.53. The predicted octanol–water partition coefficient (Wildman–Crippen LogP) is 3.16. The van der Waals surface area contributed by atoms with Gasteiger partial charge in [0, 0.05) is 12.3 Å². The third-order valence-corrected chi connectivity index (χ3v) is 2.17. The number of nitrogens with zero attached hydrogens (tertiary/aromatic N) is 2. The Hall–Kier alpha value is -1.52. The van der Waals surface area contributed by atoms with Crippen LogP contribution < -0.4 is 10.5 Å². The van der Waals surface area contributed by atoms with Gasteiger partial charge in [0.2, 0.25) is 5.88 Å². The van der Waals surface area contributed by atoms with Gasteiger partial charge in [0.25, 0.3) is 0 Å². The maximum Gasteiger partial charge on any atom is 0.244 e. The van der Waals surface area contributed by atoms with Crippen LogP contribution in [0.15, 0.2) is 30.6 Å². The van der Waals surface area contributed by atoms with Crippen molar-refractivity contribution >= 4 is 28.9 Å². The summed E-state index contributed by atoms with van der Waals surface area (Å²) < 4.78 is 5.40. The van der Waals surface area contributed by atoms with Crippen LogP contribution in [0, 0.1) is 0 Å². The number of pyridine rings is 2. The Labute approximate surface area is 102 Å². The molecule has 2 heterocycles. The highest BCUT2D eigenvalue weighted by Crippen LogP contribution is 2.27. The van der Waals surface area contributed by atoms with Crippen molar-refractivity contribution in [3.8, 4) is 11.6 Å². The summed E-state index contributed by atoms with van der Waals surface area (Å²) in [5.74, 6) is 0.686. The van der Waals surface area contributed by atoms with E-state index in [1.807, 2.05) is 0 Å². The zero-order valence-electron chi connectivity index (χ0n) is 8.02. The van der Waals surface area contributed by atoms with Crippen LogP contribution in [0.25, 0.3) is 0 Å². The highest BCUT2D eigenvalue weighted by molar-refractivity contribution is 6.30. The minimum atomic E-state index is 0.233. The molecular weight excluding hydrogens is 249 g/mol. The quantitative estimate of drug-likeness (QED) is 0.838. The van der Waals surface area contributed by atoms with Crippen molar-refractivity contribution in [3.05, 3.63) is 40.8 Å². The summed E-state index contributed by atoms with van der Waals surface area (Å²) in [7, 11) is 0. The average Bonchev–Trinajstić information content (AvgIpc) is 2.24. The molecule has 4 nitrogen and oxygen atoms in total. The molecule has 82 valence electrons. The maximum absolute atomic E-state index is 5.76. The van der Waals surface area contributed by atoms with Gasteiger partial charge in [-0.1, -0.05) is 23.2 Å². The van der Waals surface area contributed by atoms with Crippen molar-refractivity contribution in [1.82, 2.24) is 9.97 Å². The van der Waals surface area contributed by atoms with Gasteiger partial charge in [-0.05, 0) is 12.1 Å². The monoisotopic (exact) mass is 255 g/mol. The van der Waals surface area contributed by atoms with Crippen LogP contribution in [0.2, 0.25) is 10.2 Å². The topological polar surface area (TPSA) is 61.0 Å². The van der Waals surface area contributed by atoms with E-state index in [1.54, 1.807) is 18.2 Å². The fraction of sp³-hybridized carbons (Fsp3) is 0. The highest BCUT2D eigenvalue weighted by atomic mass is 35.5. The molecule has 0 aromatic carbocycles. The van der Waals surface area contributed by atoms with E-state index in [1.165, 1.54) is 12.4 Å². The van der Waals surface area contributed by atoms with Crippen molar-refractivity contribution < 1.29 is 4.74 Å². The zero-order valence-corrected chi connectivity index (χ0v) is 9.53. The van der Waals surface area contributed by atoms with E-state index in [9.17, 15) is 0 Å². The summed E-state index contributed by atoms with van der Waals surface area (Å²) in [6.07, 6.45) is 3.01. The van der Waals surface area contributed by atoms with Crippen LogP contribution in [0.1, 0.15) is 0 Å². The summed E-state index contributed by atoms with van der Waals surface area (Å²) in [5.41, 5.74) is 6.07. The van der Waals surface area contributed by atoms with E-state index in [-0.39, 0.29) is 5.88 Å².